The molecule has 0 radical (unpaired) electrons. The van der Waals surface area contributed by atoms with Crippen LogP contribution in [0.15, 0.2) is 121 Å². The van der Waals surface area contributed by atoms with E-state index in [1.807, 2.05) is 0 Å². The zero-order valence-corrected chi connectivity index (χ0v) is 43.8. The van der Waals surface area contributed by atoms with Crippen LogP contribution in [-0.2, 0) is 100 Å². The molecule has 4 aliphatic rings. The molecular formula is C64H80N4. The maximum absolute atomic E-state index is 2.72. The summed E-state index contributed by atoms with van der Waals surface area (Å²) >= 11 is 0. The summed E-state index contributed by atoms with van der Waals surface area (Å²) in [7, 11) is 0. The first-order valence-corrected chi connectivity index (χ1v) is 25.6. The van der Waals surface area contributed by atoms with E-state index >= 15 is 0 Å². The molecule has 0 fully saturated rings. The van der Waals surface area contributed by atoms with E-state index in [9.17, 15) is 0 Å². The monoisotopic (exact) mass is 905 g/mol. The zero-order chi connectivity index (χ0) is 48.2. The smallest absolute Gasteiger partial charge is 0.0241 e. The molecular weight excluding hydrogens is 825 g/mol. The van der Waals surface area contributed by atoms with Gasteiger partial charge >= 0.3 is 0 Å². The van der Waals surface area contributed by atoms with E-state index in [1.165, 1.54) is 89.0 Å². The molecule has 0 unspecified atom stereocenters. The average molecular weight is 905 g/mol. The van der Waals surface area contributed by atoms with Crippen molar-refractivity contribution in [2.75, 3.05) is 0 Å². The van der Waals surface area contributed by atoms with Gasteiger partial charge in [-0.05, 0) is 111 Å². The molecule has 4 aliphatic heterocycles. The molecule has 0 N–H and O–H groups in total. The second-order valence-electron chi connectivity index (χ2n) is 25.4. The molecule has 6 aromatic rings. The summed E-state index contributed by atoms with van der Waals surface area (Å²) in [5.74, 6) is 0. The van der Waals surface area contributed by atoms with E-state index in [-0.39, 0.29) is 21.7 Å². The first-order valence-electron chi connectivity index (χ1n) is 25.6. The van der Waals surface area contributed by atoms with Crippen LogP contribution in [0.1, 0.15) is 172 Å². The van der Waals surface area contributed by atoms with Gasteiger partial charge in [-0.15, -0.1) is 0 Å². The largest absolute Gasteiger partial charge is 0.291 e. The van der Waals surface area contributed by atoms with E-state index in [4.69, 9.17) is 0 Å². The quantitative estimate of drug-likeness (QED) is 0.151. The fraction of sp³-hybridized carbons (Fsp3) is 0.438. The summed E-state index contributed by atoms with van der Waals surface area (Å²) < 4.78 is 0. The Labute approximate surface area is 411 Å². The van der Waals surface area contributed by atoms with Crippen LogP contribution in [0.4, 0.5) is 0 Å². The minimum atomic E-state index is 0.0119. The second-order valence-corrected chi connectivity index (χ2v) is 25.4. The van der Waals surface area contributed by atoms with Crippen LogP contribution >= 0.6 is 0 Å². The topological polar surface area (TPSA) is 13.0 Å². The molecule has 0 spiro atoms. The summed E-state index contributed by atoms with van der Waals surface area (Å²) in [5, 5.41) is 0. The van der Waals surface area contributed by atoms with Crippen LogP contribution < -0.4 is 0 Å². The van der Waals surface area contributed by atoms with Crippen LogP contribution in [0.25, 0.3) is 0 Å². The SMILES string of the molecule is CC(C)(C)c1cc2cc(c1)CN1Cc3cccc(c3)CN3Cc4cc(cc(C(C)(C)C)c4)CN(Cc4cccc(c4)CN(Cc4cc(cc(C(C)(C)C)c4)C1)Cc1cc(cc(C(C)(C)C)c1)C3)C2. The van der Waals surface area contributed by atoms with Gasteiger partial charge in [-0.25, -0.2) is 0 Å². The van der Waals surface area contributed by atoms with E-state index in [1.54, 1.807) is 0 Å². The third kappa shape index (κ3) is 12.1. The molecule has 0 atom stereocenters. The number of hydrogen-bond donors (Lipinski definition) is 0. The molecule has 10 rings (SSSR count). The summed E-state index contributed by atoms with van der Waals surface area (Å²) in [6.07, 6.45) is 0. The van der Waals surface area contributed by atoms with Gasteiger partial charge in [0.25, 0.3) is 0 Å². The van der Waals surface area contributed by atoms with Crippen molar-refractivity contribution in [3.63, 3.8) is 0 Å². The summed E-state index contributed by atoms with van der Waals surface area (Å²) in [5.41, 5.74) is 22.3. The zero-order valence-electron chi connectivity index (χ0n) is 43.8. The van der Waals surface area contributed by atoms with E-state index in [0.29, 0.717) is 0 Å². The minimum Gasteiger partial charge on any atom is -0.291 e. The highest BCUT2D eigenvalue weighted by Gasteiger charge is 2.25. The highest BCUT2D eigenvalue weighted by Crippen LogP contribution is 2.34. The lowest BCUT2D eigenvalue weighted by Crippen LogP contribution is -2.28. The van der Waals surface area contributed by atoms with Crippen molar-refractivity contribution in [3.8, 4) is 0 Å². The Morgan fingerprint density at radius 1 is 0.221 bits per heavy atom. The fourth-order valence-corrected chi connectivity index (χ4v) is 10.9. The second kappa shape index (κ2) is 18.8. The van der Waals surface area contributed by atoms with Gasteiger partial charge in [0, 0.05) is 78.5 Å². The lowest BCUT2D eigenvalue weighted by atomic mass is 9.84. The van der Waals surface area contributed by atoms with Gasteiger partial charge < -0.3 is 0 Å². The molecule has 0 saturated carbocycles. The molecule has 0 aliphatic carbocycles. The van der Waals surface area contributed by atoms with Gasteiger partial charge in [0.05, 0.1) is 0 Å². The Morgan fingerprint density at radius 3 is 0.529 bits per heavy atom. The van der Waals surface area contributed by atoms with Crippen LogP contribution in [0.2, 0.25) is 0 Å². The number of hydrogen-bond acceptors (Lipinski definition) is 4. The third-order valence-corrected chi connectivity index (χ3v) is 14.5. The van der Waals surface area contributed by atoms with Crippen molar-refractivity contribution in [2.45, 2.75) is 183 Å². The predicted molar refractivity (Wildman–Crippen MR) is 285 cm³/mol. The first-order chi connectivity index (χ1) is 32.0. The van der Waals surface area contributed by atoms with Crippen LogP contribution in [-0.4, -0.2) is 19.6 Å². The van der Waals surface area contributed by atoms with Crippen LogP contribution in [0.5, 0.6) is 0 Å². The van der Waals surface area contributed by atoms with Gasteiger partial charge in [0.15, 0.2) is 0 Å². The first kappa shape index (κ1) is 48.2. The molecule has 0 aromatic heterocycles. The molecule has 68 heavy (non-hydrogen) atoms. The average Bonchev–Trinajstić information content (AvgIpc) is 3.21. The Hall–Kier alpha value is -4.84. The van der Waals surface area contributed by atoms with Gasteiger partial charge in [0.2, 0.25) is 0 Å². The lowest BCUT2D eigenvalue weighted by Gasteiger charge is -2.31. The maximum atomic E-state index is 2.72. The van der Waals surface area contributed by atoms with Gasteiger partial charge in [-0.3, -0.25) is 19.6 Å². The molecule has 356 valence electrons. The lowest BCUT2D eigenvalue weighted by molar-refractivity contribution is 0.235. The van der Waals surface area contributed by atoms with Crippen LogP contribution in [0, 0.1) is 0 Å². The van der Waals surface area contributed by atoms with Crippen molar-refractivity contribution >= 4 is 0 Å². The van der Waals surface area contributed by atoms with Crippen LogP contribution in [0.3, 0.4) is 0 Å². The summed E-state index contributed by atoms with van der Waals surface area (Å²) in [6, 6.07) is 49.4. The summed E-state index contributed by atoms with van der Waals surface area (Å²) in [4.78, 5) is 10.9. The number of nitrogens with zero attached hydrogens (tertiary/aromatic N) is 4. The Bertz CT molecular complexity index is 2300. The summed E-state index contributed by atoms with van der Waals surface area (Å²) in [6.45, 7) is 39.0. The van der Waals surface area contributed by atoms with Crippen molar-refractivity contribution in [3.05, 3.63) is 210 Å². The Morgan fingerprint density at radius 2 is 0.368 bits per heavy atom. The minimum absolute atomic E-state index is 0.0119. The van der Waals surface area contributed by atoms with Crippen molar-refractivity contribution < 1.29 is 0 Å². The molecule has 0 saturated heterocycles. The molecule has 4 nitrogen and oxygen atoms in total. The molecule has 4 heteroatoms. The number of rotatable bonds is 0. The third-order valence-electron chi connectivity index (χ3n) is 14.5. The van der Waals surface area contributed by atoms with E-state index < -0.39 is 0 Å². The highest BCUT2D eigenvalue weighted by atomic mass is 15.1. The molecule has 4 heterocycles. The van der Waals surface area contributed by atoms with Gasteiger partial charge in [0.1, 0.15) is 0 Å². The Balaban J connectivity index is 1.33. The fourth-order valence-electron chi connectivity index (χ4n) is 10.9. The number of benzene rings is 6. The van der Waals surface area contributed by atoms with Crippen molar-refractivity contribution in [1.82, 2.24) is 19.6 Å². The molecule has 16 bridgehead atoms. The molecule has 6 aromatic carbocycles. The van der Waals surface area contributed by atoms with E-state index in [0.717, 1.165) is 78.5 Å². The van der Waals surface area contributed by atoms with E-state index in [2.05, 4.69) is 224 Å². The van der Waals surface area contributed by atoms with Gasteiger partial charge in [-0.2, -0.15) is 0 Å². The maximum Gasteiger partial charge on any atom is 0.0241 e. The molecule has 0 amide bonds. The predicted octanol–water partition coefficient (Wildman–Crippen LogP) is 14.6. The Kier molecular flexibility index (Phi) is 13.3. The van der Waals surface area contributed by atoms with Gasteiger partial charge in [-0.1, -0.05) is 204 Å². The standard InChI is InChI=1S/C64H80N4/c1-61(2,3)57-25-49-21-50(26-57)38-66-34-46-16-14-17-47(20-46)35-67-41-53-22-51(27-58(29-53)62(4,5)6)39-65(37-49)33-45-15-13-18-48(19-45)36-68(42-54-23-52(40-66)28-59(30-54)63(7,8)9)44-56-24-55(43-67)31-60(32-56)64(10,11)12/h13-32H,33-44H2,1-12H3. The normalized spacial score (nSPS) is 20.5. The van der Waals surface area contributed by atoms with Crippen molar-refractivity contribution in [1.29, 1.82) is 0 Å². The van der Waals surface area contributed by atoms with Crippen molar-refractivity contribution in [2.24, 2.45) is 0 Å². The highest BCUT2D eigenvalue weighted by molar-refractivity contribution is 5.40.